The highest BCUT2D eigenvalue weighted by atomic mass is 35.5. The predicted molar refractivity (Wildman–Crippen MR) is 90.6 cm³/mol. The van der Waals surface area contributed by atoms with Crippen LogP contribution in [-0.4, -0.2) is 49.2 Å². The van der Waals surface area contributed by atoms with E-state index in [4.69, 9.17) is 26.8 Å². The molecule has 2 aromatic rings. The Kier molecular flexibility index (Phi) is 4.85. The van der Waals surface area contributed by atoms with Gasteiger partial charge in [-0.05, 0) is 18.2 Å². The van der Waals surface area contributed by atoms with Crippen molar-refractivity contribution < 1.29 is 9.47 Å². The molecule has 0 aliphatic carbocycles. The van der Waals surface area contributed by atoms with Crippen LogP contribution < -0.4 is 5.73 Å². The summed E-state index contributed by atoms with van der Waals surface area (Å²) in [5.74, 6) is 0. The van der Waals surface area contributed by atoms with Crippen LogP contribution in [0.4, 0.5) is 0 Å². The number of ether oxygens (including phenoxy) is 2. The van der Waals surface area contributed by atoms with Crippen LogP contribution in [0, 0.1) is 0 Å². The van der Waals surface area contributed by atoms with Crippen LogP contribution in [0.3, 0.4) is 0 Å². The van der Waals surface area contributed by atoms with E-state index in [1.165, 1.54) is 0 Å². The maximum Gasteiger partial charge on any atom is 0.129 e. The molecule has 3 heterocycles. The first-order valence-corrected chi connectivity index (χ1v) is 7.58. The zero-order chi connectivity index (χ0) is 16.2. The minimum absolute atomic E-state index is 0.114. The van der Waals surface area contributed by atoms with Crippen molar-refractivity contribution in [1.29, 1.82) is 0 Å². The van der Waals surface area contributed by atoms with Gasteiger partial charge in [0.15, 0.2) is 0 Å². The van der Waals surface area contributed by atoms with E-state index in [0.717, 1.165) is 16.7 Å². The zero-order valence-corrected chi connectivity index (χ0v) is 13.5. The summed E-state index contributed by atoms with van der Waals surface area (Å²) in [5, 5.41) is 0.424. The van der Waals surface area contributed by atoms with E-state index in [0.29, 0.717) is 36.2 Å². The number of allylic oxidation sites excluding steroid dienone is 1. The molecule has 0 unspecified atom stereocenters. The van der Waals surface area contributed by atoms with Gasteiger partial charge in [-0.1, -0.05) is 11.6 Å². The lowest BCUT2D eigenvalue weighted by Gasteiger charge is -2.26. The summed E-state index contributed by atoms with van der Waals surface area (Å²) in [7, 11) is 1.69. The topological polar surface area (TPSA) is 82.6 Å². The molecule has 1 saturated heterocycles. The van der Waals surface area contributed by atoms with Crippen molar-refractivity contribution >= 4 is 34.4 Å². The van der Waals surface area contributed by atoms with Gasteiger partial charge in [0.25, 0.3) is 0 Å². The number of hydrogen-bond acceptors (Lipinski definition) is 6. The van der Waals surface area contributed by atoms with E-state index >= 15 is 0 Å². The Hall–Kier alpha value is -2.02. The molecule has 23 heavy (non-hydrogen) atoms. The molecule has 1 aliphatic rings. The van der Waals surface area contributed by atoms with Gasteiger partial charge in [0.1, 0.15) is 11.3 Å². The maximum atomic E-state index is 6.19. The smallest absolute Gasteiger partial charge is 0.129 e. The molecule has 0 bridgehead atoms. The highest BCUT2D eigenvalue weighted by Crippen LogP contribution is 2.20. The Morgan fingerprint density at radius 2 is 2.30 bits per heavy atom. The first-order valence-electron chi connectivity index (χ1n) is 7.20. The summed E-state index contributed by atoms with van der Waals surface area (Å²) in [6.45, 7) is 1.55. The Labute approximate surface area is 139 Å². The third-order valence-corrected chi connectivity index (χ3v) is 3.71. The third kappa shape index (κ3) is 3.67. The van der Waals surface area contributed by atoms with Crippen LogP contribution in [0.15, 0.2) is 35.1 Å². The van der Waals surface area contributed by atoms with E-state index in [1.807, 2.05) is 12.1 Å². The lowest BCUT2D eigenvalue weighted by molar-refractivity contribution is -0.124. The van der Waals surface area contributed by atoms with E-state index < -0.39 is 0 Å². The minimum Gasteiger partial charge on any atom is -0.400 e. The summed E-state index contributed by atoms with van der Waals surface area (Å²) >= 11 is 5.95. The average Bonchev–Trinajstić information content (AvgIpc) is 2.50. The Balaban J connectivity index is 1.92. The van der Waals surface area contributed by atoms with E-state index in [2.05, 4.69) is 15.0 Å². The van der Waals surface area contributed by atoms with Crippen LogP contribution >= 0.6 is 11.6 Å². The molecule has 0 radical (unpaired) electrons. The van der Waals surface area contributed by atoms with E-state index in [-0.39, 0.29) is 6.10 Å². The Morgan fingerprint density at radius 1 is 1.48 bits per heavy atom. The number of hydrogen-bond donors (Lipinski definition) is 1. The largest absolute Gasteiger partial charge is 0.400 e. The lowest BCUT2D eigenvalue weighted by atomic mass is 10.1. The fourth-order valence-electron chi connectivity index (χ4n) is 2.20. The van der Waals surface area contributed by atoms with E-state index in [9.17, 15) is 0 Å². The van der Waals surface area contributed by atoms with Gasteiger partial charge in [-0.15, -0.1) is 0 Å². The van der Waals surface area contributed by atoms with Crippen molar-refractivity contribution in [3.63, 3.8) is 0 Å². The molecule has 3 rings (SSSR count). The molecule has 0 saturated carbocycles. The molecule has 120 valence electrons. The standard InChI is InChI=1S/C16H17ClN4O2/c1-19-6-12(13(18)9-23-11-7-22-8-11)10-4-15-14(20-5-10)2-3-16(17)21-15/h2-6,11H,7-9,18H2,1H3. The van der Waals surface area contributed by atoms with Gasteiger partial charge in [0.2, 0.25) is 0 Å². The van der Waals surface area contributed by atoms with Crippen LogP contribution in [0.1, 0.15) is 5.56 Å². The molecule has 0 aromatic carbocycles. The van der Waals surface area contributed by atoms with Crippen LogP contribution in [-0.2, 0) is 9.47 Å². The summed E-state index contributed by atoms with van der Waals surface area (Å²) in [6, 6.07) is 5.43. The van der Waals surface area contributed by atoms with E-state index in [1.54, 1.807) is 25.5 Å². The molecule has 0 spiro atoms. The van der Waals surface area contributed by atoms with Crippen molar-refractivity contribution in [2.45, 2.75) is 6.10 Å². The summed E-state index contributed by atoms with van der Waals surface area (Å²) in [4.78, 5) is 12.8. The van der Waals surface area contributed by atoms with Gasteiger partial charge in [-0.3, -0.25) is 9.98 Å². The number of aliphatic imine (C=N–C) groups is 1. The zero-order valence-electron chi connectivity index (χ0n) is 12.7. The SMILES string of the molecule is CN=CC(=C(N)COC1COC1)c1cnc2ccc(Cl)nc2c1. The second kappa shape index (κ2) is 7.04. The van der Waals surface area contributed by atoms with Gasteiger partial charge in [-0.2, -0.15) is 0 Å². The molecule has 1 aliphatic heterocycles. The summed E-state index contributed by atoms with van der Waals surface area (Å²) in [6.07, 6.45) is 3.56. The highest BCUT2D eigenvalue weighted by Gasteiger charge is 2.19. The van der Waals surface area contributed by atoms with Gasteiger partial charge < -0.3 is 15.2 Å². The lowest BCUT2D eigenvalue weighted by Crippen LogP contribution is -2.37. The van der Waals surface area contributed by atoms with Crippen molar-refractivity contribution in [2.24, 2.45) is 10.7 Å². The third-order valence-electron chi connectivity index (χ3n) is 3.50. The van der Waals surface area contributed by atoms with Crippen LogP contribution in [0.25, 0.3) is 16.6 Å². The fraction of sp³-hybridized carbons (Fsp3) is 0.312. The molecule has 7 heteroatoms. The van der Waals surface area contributed by atoms with Gasteiger partial charge >= 0.3 is 0 Å². The number of rotatable bonds is 5. The van der Waals surface area contributed by atoms with Crippen molar-refractivity contribution in [3.8, 4) is 0 Å². The van der Waals surface area contributed by atoms with Crippen LogP contribution in [0.5, 0.6) is 0 Å². The molecule has 1 fully saturated rings. The second-order valence-electron chi connectivity index (χ2n) is 5.19. The average molecular weight is 333 g/mol. The van der Waals surface area contributed by atoms with Crippen molar-refractivity contribution in [2.75, 3.05) is 26.9 Å². The number of pyridine rings is 2. The Morgan fingerprint density at radius 3 is 3.00 bits per heavy atom. The van der Waals surface area contributed by atoms with Gasteiger partial charge in [0, 0.05) is 36.3 Å². The normalized spacial score (nSPS) is 16.6. The fourth-order valence-corrected chi connectivity index (χ4v) is 2.35. The Bertz CT molecular complexity index is 772. The summed E-state index contributed by atoms with van der Waals surface area (Å²) in [5.41, 5.74) is 9.84. The number of fused-ring (bicyclic) bond motifs is 1. The molecule has 6 nitrogen and oxygen atoms in total. The molecule has 0 amide bonds. The predicted octanol–water partition coefficient (Wildman–Crippen LogP) is 2.07. The maximum absolute atomic E-state index is 6.19. The molecular formula is C16H17ClN4O2. The quantitative estimate of drug-likeness (QED) is 0.669. The summed E-state index contributed by atoms with van der Waals surface area (Å²) < 4.78 is 10.7. The second-order valence-corrected chi connectivity index (χ2v) is 5.58. The number of aromatic nitrogens is 2. The highest BCUT2D eigenvalue weighted by molar-refractivity contribution is 6.29. The van der Waals surface area contributed by atoms with Crippen molar-refractivity contribution in [1.82, 2.24) is 9.97 Å². The number of nitrogens with two attached hydrogens (primary N) is 1. The minimum atomic E-state index is 0.114. The molecule has 2 N–H and O–H groups in total. The number of halogens is 1. The van der Waals surface area contributed by atoms with Crippen LogP contribution in [0.2, 0.25) is 5.15 Å². The number of nitrogens with zero attached hydrogens (tertiary/aromatic N) is 3. The monoisotopic (exact) mass is 332 g/mol. The first-order chi connectivity index (χ1) is 11.2. The first kappa shape index (κ1) is 15.9. The molecule has 0 atom stereocenters. The van der Waals surface area contributed by atoms with Gasteiger partial charge in [-0.25, -0.2) is 4.98 Å². The van der Waals surface area contributed by atoms with Crippen molar-refractivity contribution in [3.05, 3.63) is 40.8 Å². The molecule has 2 aromatic heterocycles. The van der Waals surface area contributed by atoms with Gasteiger partial charge in [0.05, 0.1) is 30.9 Å². The molecular weight excluding hydrogens is 316 g/mol.